The first-order valence-electron chi connectivity index (χ1n) is 5.72. The van der Waals surface area contributed by atoms with Gasteiger partial charge in [-0.3, -0.25) is 0 Å². The first kappa shape index (κ1) is 12.7. The summed E-state index contributed by atoms with van der Waals surface area (Å²) < 4.78 is 0. The van der Waals surface area contributed by atoms with Gasteiger partial charge in [0.2, 0.25) is 0 Å². The van der Waals surface area contributed by atoms with E-state index in [2.05, 4.69) is 45.3 Å². The number of thiazole rings is 1. The highest BCUT2D eigenvalue weighted by Gasteiger charge is 2.22. The zero-order chi connectivity index (χ0) is 11.5. The molecule has 1 unspecified atom stereocenters. The zero-order valence-corrected chi connectivity index (χ0v) is 11.2. The van der Waals surface area contributed by atoms with Gasteiger partial charge in [0.05, 0.1) is 16.2 Å². The van der Waals surface area contributed by atoms with Gasteiger partial charge in [0.1, 0.15) is 0 Å². The predicted octanol–water partition coefficient (Wildman–Crippen LogP) is 3.50. The largest absolute Gasteiger partial charge is 0.307 e. The molecule has 1 aromatic rings. The van der Waals surface area contributed by atoms with Crippen molar-refractivity contribution in [3.8, 4) is 0 Å². The van der Waals surface area contributed by atoms with Crippen molar-refractivity contribution in [3.63, 3.8) is 0 Å². The summed E-state index contributed by atoms with van der Waals surface area (Å²) in [5.74, 6) is 0.584. The van der Waals surface area contributed by atoms with Crippen LogP contribution in [0, 0.1) is 0 Å². The van der Waals surface area contributed by atoms with Crippen LogP contribution in [0.15, 0.2) is 5.38 Å². The van der Waals surface area contributed by atoms with Crippen LogP contribution in [0.25, 0.3) is 0 Å². The van der Waals surface area contributed by atoms with Crippen molar-refractivity contribution in [1.82, 2.24) is 10.3 Å². The van der Waals surface area contributed by atoms with E-state index in [-0.39, 0.29) is 5.54 Å². The normalized spacial score (nSPS) is 14.2. The number of nitrogens with one attached hydrogen (secondary N) is 1. The molecule has 0 spiro atoms. The number of rotatable bonds is 5. The van der Waals surface area contributed by atoms with E-state index in [1.807, 2.05) is 0 Å². The van der Waals surface area contributed by atoms with Gasteiger partial charge >= 0.3 is 0 Å². The Morgan fingerprint density at radius 1 is 1.47 bits per heavy atom. The number of aromatic nitrogens is 1. The molecule has 0 saturated heterocycles. The van der Waals surface area contributed by atoms with Gasteiger partial charge in [0.25, 0.3) is 0 Å². The summed E-state index contributed by atoms with van der Waals surface area (Å²) in [6.07, 6.45) is 1.16. The molecule has 86 valence electrons. The summed E-state index contributed by atoms with van der Waals surface area (Å²) in [5.41, 5.74) is 1.17. The zero-order valence-electron chi connectivity index (χ0n) is 10.4. The van der Waals surface area contributed by atoms with E-state index in [0.29, 0.717) is 5.92 Å². The van der Waals surface area contributed by atoms with E-state index >= 15 is 0 Å². The molecule has 0 fully saturated rings. The minimum atomic E-state index is -0.00301. The third-order valence-corrected chi connectivity index (χ3v) is 3.89. The lowest BCUT2D eigenvalue weighted by Gasteiger charge is -2.23. The molecule has 15 heavy (non-hydrogen) atoms. The minimum Gasteiger partial charge on any atom is -0.307 e. The maximum absolute atomic E-state index is 4.73. The molecule has 1 atom stereocenters. The molecule has 1 heterocycles. The summed E-state index contributed by atoms with van der Waals surface area (Å²) in [6, 6.07) is 0. The minimum absolute atomic E-state index is 0.00301. The number of hydrogen-bond acceptors (Lipinski definition) is 3. The van der Waals surface area contributed by atoms with Crippen LogP contribution in [-0.2, 0) is 5.54 Å². The smallest absolute Gasteiger partial charge is 0.0957 e. The van der Waals surface area contributed by atoms with Gasteiger partial charge in [-0.1, -0.05) is 20.8 Å². The number of nitrogens with zero attached hydrogens (tertiary/aromatic N) is 1. The predicted molar refractivity (Wildman–Crippen MR) is 67.5 cm³/mol. The molecule has 1 N–H and O–H groups in total. The molecule has 0 aliphatic heterocycles. The lowest BCUT2D eigenvalue weighted by atomic mass is 10.0. The molecule has 2 nitrogen and oxygen atoms in total. The van der Waals surface area contributed by atoms with Gasteiger partial charge < -0.3 is 5.32 Å². The van der Waals surface area contributed by atoms with Gasteiger partial charge in [-0.15, -0.1) is 11.3 Å². The Bertz CT molecular complexity index is 304. The molecule has 1 aromatic heterocycles. The molecule has 0 radical (unpaired) electrons. The van der Waals surface area contributed by atoms with E-state index in [0.717, 1.165) is 13.0 Å². The Morgan fingerprint density at radius 2 is 2.13 bits per heavy atom. The molecule has 0 aliphatic carbocycles. The van der Waals surface area contributed by atoms with E-state index in [4.69, 9.17) is 4.98 Å². The van der Waals surface area contributed by atoms with Crippen molar-refractivity contribution in [2.75, 3.05) is 6.54 Å². The molecule has 0 amide bonds. The average Bonchev–Trinajstić information content (AvgIpc) is 2.66. The standard InChI is InChI=1S/C12H22N2S/c1-6-9(3)11-14-10(8-15-11)12(4,5)13-7-2/h8-9,13H,6-7H2,1-5H3. The topological polar surface area (TPSA) is 24.9 Å². The van der Waals surface area contributed by atoms with Crippen molar-refractivity contribution in [2.45, 2.75) is 52.5 Å². The Morgan fingerprint density at radius 3 is 2.67 bits per heavy atom. The lowest BCUT2D eigenvalue weighted by Crippen LogP contribution is -2.36. The third kappa shape index (κ3) is 3.02. The summed E-state index contributed by atoms with van der Waals surface area (Å²) in [6.45, 7) is 11.9. The molecular formula is C12H22N2S. The van der Waals surface area contributed by atoms with Crippen LogP contribution in [0.1, 0.15) is 57.7 Å². The van der Waals surface area contributed by atoms with Crippen LogP contribution in [0.3, 0.4) is 0 Å². The van der Waals surface area contributed by atoms with Crippen molar-refractivity contribution in [2.24, 2.45) is 0 Å². The fourth-order valence-corrected chi connectivity index (χ4v) is 2.64. The first-order chi connectivity index (χ1) is 7.01. The van der Waals surface area contributed by atoms with Crippen molar-refractivity contribution < 1.29 is 0 Å². The molecule has 0 saturated carbocycles. The van der Waals surface area contributed by atoms with Crippen LogP contribution in [-0.4, -0.2) is 11.5 Å². The van der Waals surface area contributed by atoms with Crippen molar-refractivity contribution >= 4 is 11.3 Å². The van der Waals surface area contributed by atoms with Crippen LogP contribution < -0.4 is 5.32 Å². The fourth-order valence-electron chi connectivity index (χ4n) is 1.51. The Hall–Kier alpha value is -0.410. The summed E-state index contributed by atoms with van der Waals surface area (Å²) in [7, 11) is 0. The summed E-state index contributed by atoms with van der Waals surface area (Å²) in [4.78, 5) is 4.73. The van der Waals surface area contributed by atoms with E-state index in [9.17, 15) is 0 Å². The third-order valence-electron chi connectivity index (χ3n) is 2.81. The highest BCUT2D eigenvalue weighted by molar-refractivity contribution is 7.09. The second-order valence-electron chi connectivity index (χ2n) is 4.54. The maximum Gasteiger partial charge on any atom is 0.0957 e. The second-order valence-corrected chi connectivity index (χ2v) is 5.43. The molecule has 1 rings (SSSR count). The highest BCUT2D eigenvalue weighted by atomic mass is 32.1. The summed E-state index contributed by atoms with van der Waals surface area (Å²) in [5, 5.41) is 6.90. The molecule has 0 bridgehead atoms. The Labute approximate surface area is 97.1 Å². The van der Waals surface area contributed by atoms with Gasteiger partial charge in [0.15, 0.2) is 0 Å². The van der Waals surface area contributed by atoms with Gasteiger partial charge in [-0.05, 0) is 26.8 Å². The Kier molecular flexibility index (Phi) is 4.29. The van der Waals surface area contributed by atoms with Crippen molar-refractivity contribution in [1.29, 1.82) is 0 Å². The van der Waals surface area contributed by atoms with E-state index in [1.165, 1.54) is 10.7 Å². The van der Waals surface area contributed by atoms with Gasteiger partial charge in [0, 0.05) is 11.3 Å². The van der Waals surface area contributed by atoms with E-state index in [1.54, 1.807) is 11.3 Å². The molecule has 3 heteroatoms. The molecular weight excluding hydrogens is 204 g/mol. The second kappa shape index (κ2) is 5.08. The van der Waals surface area contributed by atoms with Gasteiger partial charge in [-0.2, -0.15) is 0 Å². The van der Waals surface area contributed by atoms with Crippen LogP contribution in [0.4, 0.5) is 0 Å². The summed E-state index contributed by atoms with van der Waals surface area (Å²) >= 11 is 1.78. The monoisotopic (exact) mass is 226 g/mol. The SMILES string of the molecule is CCNC(C)(C)c1csc(C(C)CC)n1. The van der Waals surface area contributed by atoms with Crippen LogP contribution >= 0.6 is 11.3 Å². The maximum atomic E-state index is 4.73. The van der Waals surface area contributed by atoms with Gasteiger partial charge in [-0.25, -0.2) is 4.98 Å². The number of hydrogen-bond donors (Lipinski definition) is 1. The lowest BCUT2D eigenvalue weighted by molar-refractivity contribution is 0.405. The highest BCUT2D eigenvalue weighted by Crippen LogP contribution is 2.27. The average molecular weight is 226 g/mol. The van der Waals surface area contributed by atoms with Crippen LogP contribution in [0.5, 0.6) is 0 Å². The molecule has 0 aliphatic rings. The van der Waals surface area contributed by atoms with E-state index < -0.39 is 0 Å². The molecule has 0 aromatic carbocycles. The van der Waals surface area contributed by atoms with Crippen LogP contribution in [0.2, 0.25) is 0 Å². The quantitative estimate of drug-likeness (QED) is 0.831. The fraction of sp³-hybridized carbons (Fsp3) is 0.750. The Balaban J connectivity index is 2.83. The first-order valence-corrected chi connectivity index (χ1v) is 6.60. The van der Waals surface area contributed by atoms with Crippen molar-refractivity contribution in [3.05, 3.63) is 16.1 Å².